The van der Waals surface area contributed by atoms with Gasteiger partial charge in [0, 0.05) is 29.6 Å². The van der Waals surface area contributed by atoms with Crippen LogP contribution in [0.15, 0.2) is 30.5 Å². The maximum atomic E-state index is 11.8. The summed E-state index contributed by atoms with van der Waals surface area (Å²) >= 11 is 0. The first-order valence-corrected chi connectivity index (χ1v) is 8.10. The Balaban J connectivity index is 1.74. The summed E-state index contributed by atoms with van der Waals surface area (Å²) in [5, 5.41) is 3.93. The molecule has 0 saturated carbocycles. The number of benzene rings is 1. The van der Waals surface area contributed by atoms with Crippen molar-refractivity contribution >= 4 is 22.8 Å². The van der Waals surface area contributed by atoms with E-state index in [1.54, 1.807) is 0 Å². The normalized spacial score (nSPS) is 12.1. The number of ether oxygens (including phenoxy) is 1. The second kappa shape index (κ2) is 8.36. The second-order valence-electron chi connectivity index (χ2n) is 5.78. The lowest BCUT2D eigenvalue weighted by Crippen LogP contribution is -2.35. The fraction of sp³-hybridized carbons (Fsp3) is 0.444. The van der Waals surface area contributed by atoms with Gasteiger partial charge in [-0.15, -0.1) is 0 Å². The Morgan fingerprint density at radius 2 is 2.09 bits per heavy atom. The van der Waals surface area contributed by atoms with E-state index in [1.165, 1.54) is 0 Å². The van der Waals surface area contributed by atoms with Crippen molar-refractivity contribution in [2.45, 2.75) is 45.6 Å². The van der Waals surface area contributed by atoms with Gasteiger partial charge in [-0.25, -0.2) is 0 Å². The number of aryl methyl sites for hydroxylation is 1. The topological polar surface area (TPSA) is 71.2 Å². The molecule has 0 spiro atoms. The number of fused-ring (bicyclic) bond motifs is 1. The minimum Gasteiger partial charge on any atom is -0.456 e. The number of H-pyrrole nitrogens is 1. The molecule has 1 aromatic carbocycles. The van der Waals surface area contributed by atoms with E-state index in [1.807, 2.05) is 37.4 Å². The lowest BCUT2D eigenvalue weighted by Gasteiger charge is -2.12. The third kappa shape index (κ3) is 5.13. The molecule has 1 heterocycles. The van der Waals surface area contributed by atoms with Crippen molar-refractivity contribution in [2.24, 2.45) is 0 Å². The van der Waals surface area contributed by atoms with E-state index < -0.39 is 0 Å². The molecule has 2 rings (SSSR count). The van der Waals surface area contributed by atoms with Gasteiger partial charge in [0.05, 0.1) is 0 Å². The van der Waals surface area contributed by atoms with E-state index in [-0.39, 0.29) is 30.9 Å². The highest BCUT2D eigenvalue weighted by Crippen LogP contribution is 2.19. The van der Waals surface area contributed by atoms with Crippen molar-refractivity contribution in [3.8, 4) is 0 Å². The number of amides is 1. The van der Waals surface area contributed by atoms with Gasteiger partial charge in [0.2, 0.25) is 0 Å². The van der Waals surface area contributed by atoms with Crippen molar-refractivity contribution in [3.05, 3.63) is 36.0 Å². The number of esters is 1. The highest BCUT2D eigenvalue weighted by atomic mass is 16.5. The number of carbonyl (C=O) groups is 2. The van der Waals surface area contributed by atoms with E-state index in [4.69, 9.17) is 4.74 Å². The number of rotatable bonds is 8. The number of hydrogen-bond donors (Lipinski definition) is 2. The summed E-state index contributed by atoms with van der Waals surface area (Å²) in [4.78, 5) is 26.6. The van der Waals surface area contributed by atoms with Gasteiger partial charge >= 0.3 is 5.97 Å². The molecular weight excluding hydrogens is 292 g/mol. The van der Waals surface area contributed by atoms with Crippen molar-refractivity contribution in [1.82, 2.24) is 10.3 Å². The van der Waals surface area contributed by atoms with Crippen LogP contribution in [0, 0.1) is 0 Å². The van der Waals surface area contributed by atoms with Gasteiger partial charge in [-0.1, -0.05) is 31.5 Å². The van der Waals surface area contributed by atoms with Gasteiger partial charge in [-0.2, -0.15) is 0 Å². The SMILES string of the molecule is CCC[C@H](C)NC(=O)COC(=O)CCc1c[nH]c2ccccc12. The summed E-state index contributed by atoms with van der Waals surface area (Å²) in [5.74, 6) is -0.597. The van der Waals surface area contributed by atoms with E-state index in [2.05, 4.69) is 17.2 Å². The van der Waals surface area contributed by atoms with Gasteiger partial charge < -0.3 is 15.0 Å². The quantitative estimate of drug-likeness (QED) is 0.736. The lowest BCUT2D eigenvalue weighted by molar-refractivity contribution is -0.148. The van der Waals surface area contributed by atoms with Crippen LogP contribution >= 0.6 is 0 Å². The first-order chi connectivity index (χ1) is 11.1. The first kappa shape index (κ1) is 17.1. The fourth-order valence-corrected chi connectivity index (χ4v) is 2.62. The average molecular weight is 316 g/mol. The number of carbonyl (C=O) groups excluding carboxylic acids is 2. The zero-order chi connectivity index (χ0) is 16.7. The Morgan fingerprint density at radius 1 is 1.30 bits per heavy atom. The molecule has 1 amide bonds. The van der Waals surface area contributed by atoms with Crippen molar-refractivity contribution in [2.75, 3.05) is 6.61 Å². The largest absolute Gasteiger partial charge is 0.456 e. The smallest absolute Gasteiger partial charge is 0.306 e. The Hall–Kier alpha value is -2.30. The van der Waals surface area contributed by atoms with Crippen LogP contribution in [0.2, 0.25) is 0 Å². The van der Waals surface area contributed by atoms with Crippen LogP contribution < -0.4 is 5.32 Å². The Labute approximate surface area is 136 Å². The Bertz CT molecular complexity index is 663. The van der Waals surface area contributed by atoms with Gasteiger partial charge in [0.25, 0.3) is 5.91 Å². The van der Waals surface area contributed by atoms with Crippen LogP contribution in [-0.2, 0) is 20.7 Å². The van der Waals surface area contributed by atoms with Gasteiger partial charge in [-0.05, 0) is 31.4 Å². The van der Waals surface area contributed by atoms with Crippen molar-refractivity contribution in [3.63, 3.8) is 0 Å². The standard InChI is InChI=1S/C18H24N2O3/c1-3-6-13(2)20-17(21)12-23-18(22)10-9-14-11-19-16-8-5-4-7-15(14)16/h4-5,7-8,11,13,19H,3,6,9-10,12H2,1-2H3,(H,20,21)/t13-/m0/s1. The maximum absolute atomic E-state index is 11.8. The number of aromatic nitrogens is 1. The molecule has 0 aliphatic carbocycles. The van der Waals surface area contributed by atoms with E-state index in [0.717, 1.165) is 29.3 Å². The molecule has 1 atom stereocenters. The van der Waals surface area contributed by atoms with Crippen LogP contribution in [0.25, 0.3) is 10.9 Å². The van der Waals surface area contributed by atoms with E-state index in [9.17, 15) is 9.59 Å². The molecule has 5 heteroatoms. The molecule has 0 radical (unpaired) electrons. The third-order valence-electron chi connectivity index (χ3n) is 3.77. The summed E-state index contributed by atoms with van der Waals surface area (Å²) in [6.07, 6.45) is 4.69. The molecule has 0 bridgehead atoms. The summed E-state index contributed by atoms with van der Waals surface area (Å²) in [6, 6.07) is 8.07. The zero-order valence-electron chi connectivity index (χ0n) is 13.7. The van der Waals surface area contributed by atoms with E-state index in [0.29, 0.717) is 6.42 Å². The minimum atomic E-state index is -0.353. The van der Waals surface area contributed by atoms with Gasteiger partial charge in [-0.3, -0.25) is 9.59 Å². The highest BCUT2D eigenvalue weighted by Gasteiger charge is 2.11. The summed E-state index contributed by atoms with van der Waals surface area (Å²) in [5.41, 5.74) is 2.14. The number of nitrogens with one attached hydrogen (secondary N) is 2. The molecule has 0 saturated heterocycles. The minimum absolute atomic E-state index is 0.109. The molecule has 0 fully saturated rings. The molecular formula is C18H24N2O3. The molecule has 0 aliphatic rings. The molecule has 23 heavy (non-hydrogen) atoms. The molecule has 2 N–H and O–H groups in total. The number of para-hydroxylation sites is 1. The molecule has 1 aromatic heterocycles. The number of hydrogen-bond acceptors (Lipinski definition) is 3. The Kier molecular flexibility index (Phi) is 6.20. The van der Waals surface area contributed by atoms with Crippen LogP contribution in [0.3, 0.4) is 0 Å². The van der Waals surface area contributed by atoms with Crippen LogP contribution in [0.5, 0.6) is 0 Å². The van der Waals surface area contributed by atoms with Crippen molar-refractivity contribution < 1.29 is 14.3 Å². The monoisotopic (exact) mass is 316 g/mol. The Morgan fingerprint density at radius 3 is 2.87 bits per heavy atom. The van der Waals surface area contributed by atoms with Gasteiger partial charge in [0.15, 0.2) is 6.61 Å². The second-order valence-corrected chi connectivity index (χ2v) is 5.78. The first-order valence-electron chi connectivity index (χ1n) is 8.10. The maximum Gasteiger partial charge on any atom is 0.306 e. The molecule has 5 nitrogen and oxygen atoms in total. The highest BCUT2D eigenvalue weighted by molar-refractivity contribution is 5.84. The summed E-state index contributed by atoms with van der Waals surface area (Å²) in [7, 11) is 0. The van der Waals surface area contributed by atoms with Gasteiger partial charge in [0.1, 0.15) is 0 Å². The predicted octanol–water partition coefficient (Wildman–Crippen LogP) is 2.95. The molecule has 0 aliphatic heterocycles. The average Bonchev–Trinajstić information content (AvgIpc) is 2.94. The lowest BCUT2D eigenvalue weighted by atomic mass is 10.1. The number of aromatic amines is 1. The summed E-state index contributed by atoms with van der Waals surface area (Å²) in [6.45, 7) is 3.80. The molecule has 2 aromatic rings. The van der Waals surface area contributed by atoms with Crippen molar-refractivity contribution in [1.29, 1.82) is 0 Å². The van der Waals surface area contributed by atoms with Crippen LogP contribution in [0.1, 0.15) is 38.7 Å². The summed E-state index contributed by atoms with van der Waals surface area (Å²) < 4.78 is 5.03. The van der Waals surface area contributed by atoms with E-state index >= 15 is 0 Å². The fourth-order valence-electron chi connectivity index (χ4n) is 2.62. The molecule has 124 valence electrons. The van der Waals surface area contributed by atoms with Crippen LogP contribution in [-0.4, -0.2) is 29.5 Å². The molecule has 0 unspecified atom stereocenters. The third-order valence-corrected chi connectivity index (χ3v) is 3.77. The predicted molar refractivity (Wildman–Crippen MR) is 90.1 cm³/mol. The van der Waals surface area contributed by atoms with Crippen LogP contribution in [0.4, 0.5) is 0 Å². The zero-order valence-corrected chi connectivity index (χ0v) is 13.7.